The van der Waals surface area contributed by atoms with Crippen molar-refractivity contribution in [2.24, 2.45) is 0 Å². The molecule has 0 heterocycles. The van der Waals surface area contributed by atoms with Crippen LogP contribution in [-0.2, 0) is 4.79 Å². The van der Waals surface area contributed by atoms with Gasteiger partial charge in [0.15, 0.2) is 0 Å². The molecular weight excluding hydrogens is 154 g/mol. The molecule has 4 heteroatoms. The predicted molar refractivity (Wildman–Crippen MR) is 44.9 cm³/mol. The summed E-state index contributed by atoms with van der Waals surface area (Å²) in [4.78, 5) is 10.3. The quantitative estimate of drug-likeness (QED) is 0.475. The van der Waals surface area contributed by atoms with Crippen molar-refractivity contribution in [2.45, 2.75) is 13.3 Å². The molecule has 0 saturated heterocycles. The highest BCUT2D eigenvalue weighted by Gasteiger charge is 1.91. The van der Waals surface area contributed by atoms with E-state index in [1.807, 2.05) is 0 Å². The van der Waals surface area contributed by atoms with Gasteiger partial charge < -0.3 is 5.32 Å². The van der Waals surface area contributed by atoms with Crippen molar-refractivity contribution in [1.82, 2.24) is 5.32 Å². The molecule has 0 rings (SSSR count). The van der Waals surface area contributed by atoms with Gasteiger partial charge in [-0.05, 0) is 6.92 Å². The lowest BCUT2D eigenvalue weighted by molar-refractivity contribution is -0.116. The van der Waals surface area contributed by atoms with Gasteiger partial charge in [-0.3, -0.25) is 4.79 Å². The van der Waals surface area contributed by atoms with Crippen LogP contribution in [0.2, 0.25) is 0 Å². The number of hydrogen-bond donors (Lipinski definition) is 2. The molecule has 0 atom stereocenters. The molecule has 0 aromatic carbocycles. The minimum atomic E-state index is 0.159. The lowest BCUT2D eigenvalue weighted by Gasteiger charge is -1.98. The van der Waals surface area contributed by atoms with Gasteiger partial charge in [0.2, 0.25) is 0 Å². The second-order valence-electron chi connectivity index (χ2n) is 1.68. The first-order chi connectivity index (χ1) is 4.13. The third-order valence-electron chi connectivity index (χ3n) is 0.753. The van der Waals surface area contributed by atoms with Crippen LogP contribution >= 0.6 is 24.8 Å². The van der Waals surface area contributed by atoms with E-state index in [2.05, 4.69) is 30.2 Å². The van der Waals surface area contributed by atoms with Crippen molar-refractivity contribution < 1.29 is 4.79 Å². The number of hydrogen-bond acceptors (Lipinski definition) is 2. The van der Waals surface area contributed by atoms with E-state index in [1.54, 1.807) is 6.92 Å². The molecular formula is C5H9NOS2. The van der Waals surface area contributed by atoms with Crippen LogP contribution in [0.3, 0.4) is 0 Å². The molecule has 0 amide bonds. The lowest BCUT2D eigenvalue weighted by Crippen LogP contribution is -2.19. The van der Waals surface area contributed by atoms with Crippen LogP contribution in [0, 0.1) is 0 Å². The average molecular weight is 163 g/mol. The summed E-state index contributed by atoms with van der Waals surface area (Å²) in [6.07, 6.45) is 0.515. The van der Waals surface area contributed by atoms with Gasteiger partial charge in [-0.15, -0.1) is 12.6 Å². The molecule has 0 aliphatic heterocycles. The SMILES string of the molecule is CC(=O)CCNC(=S)S. The highest BCUT2D eigenvalue weighted by molar-refractivity contribution is 8.11. The van der Waals surface area contributed by atoms with E-state index in [-0.39, 0.29) is 5.78 Å². The number of thiocarbonyl (C=S) groups is 1. The van der Waals surface area contributed by atoms with Crippen molar-refractivity contribution >= 4 is 35.0 Å². The lowest BCUT2D eigenvalue weighted by atomic mass is 10.3. The molecule has 0 aromatic rings. The third kappa shape index (κ3) is 7.91. The third-order valence-corrected chi connectivity index (χ3v) is 1.06. The summed E-state index contributed by atoms with van der Waals surface area (Å²) in [7, 11) is 0. The minimum Gasteiger partial charge on any atom is -0.371 e. The van der Waals surface area contributed by atoms with Gasteiger partial charge in [0, 0.05) is 13.0 Å². The molecule has 0 unspecified atom stereocenters. The zero-order valence-electron chi connectivity index (χ0n) is 5.18. The van der Waals surface area contributed by atoms with Crippen LogP contribution in [0.1, 0.15) is 13.3 Å². The summed E-state index contributed by atoms with van der Waals surface area (Å²) in [6, 6.07) is 0. The number of nitrogens with one attached hydrogen (secondary N) is 1. The smallest absolute Gasteiger partial charge is 0.131 e. The molecule has 52 valence electrons. The van der Waals surface area contributed by atoms with Crippen molar-refractivity contribution in [2.75, 3.05) is 6.54 Å². The van der Waals surface area contributed by atoms with Gasteiger partial charge in [0.05, 0.1) is 0 Å². The Bertz CT molecular complexity index is 110. The molecule has 1 N–H and O–H groups in total. The second kappa shape index (κ2) is 4.76. The van der Waals surface area contributed by atoms with E-state index in [0.29, 0.717) is 17.3 Å². The van der Waals surface area contributed by atoms with E-state index in [4.69, 9.17) is 0 Å². The average Bonchev–Trinajstić information content (AvgIpc) is 1.63. The first-order valence-electron chi connectivity index (χ1n) is 2.59. The minimum absolute atomic E-state index is 0.159. The molecule has 2 nitrogen and oxygen atoms in total. The van der Waals surface area contributed by atoms with E-state index >= 15 is 0 Å². The fraction of sp³-hybridized carbons (Fsp3) is 0.600. The van der Waals surface area contributed by atoms with Crippen LogP contribution in [0.25, 0.3) is 0 Å². The Hall–Kier alpha value is -0.0900. The molecule has 0 fully saturated rings. The maximum Gasteiger partial charge on any atom is 0.131 e. The Kier molecular flexibility index (Phi) is 4.71. The van der Waals surface area contributed by atoms with Crippen molar-refractivity contribution in [3.63, 3.8) is 0 Å². The zero-order valence-corrected chi connectivity index (χ0v) is 6.89. The molecule has 0 aliphatic carbocycles. The number of Topliss-reactive ketones (excluding diaryl/α,β-unsaturated/α-hetero) is 1. The Balaban J connectivity index is 3.10. The Morgan fingerprint density at radius 3 is 2.67 bits per heavy atom. The molecule has 0 aromatic heterocycles. The van der Waals surface area contributed by atoms with Gasteiger partial charge in [0.1, 0.15) is 10.1 Å². The summed E-state index contributed by atoms with van der Waals surface area (Å²) in [5, 5.41) is 2.75. The zero-order chi connectivity index (χ0) is 7.28. The Morgan fingerprint density at radius 1 is 1.78 bits per heavy atom. The van der Waals surface area contributed by atoms with E-state index < -0.39 is 0 Å². The monoisotopic (exact) mass is 163 g/mol. The molecule has 0 radical (unpaired) electrons. The van der Waals surface area contributed by atoms with Crippen molar-refractivity contribution in [3.8, 4) is 0 Å². The molecule has 0 bridgehead atoms. The van der Waals surface area contributed by atoms with E-state index in [0.717, 1.165) is 0 Å². The Morgan fingerprint density at radius 2 is 2.33 bits per heavy atom. The first-order valence-corrected chi connectivity index (χ1v) is 3.44. The topological polar surface area (TPSA) is 29.1 Å². The maximum absolute atomic E-state index is 10.3. The predicted octanol–water partition coefficient (Wildman–Crippen LogP) is 0.770. The van der Waals surface area contributed by atoms with E-state index in [9.17, 15) is 4.79 Å². The van der Waals surface area contributed by atoms with E-state index in [1.165, 1.54) is 0 Å². The fourth-order valence-corrected chi connectivity index (χ4v) is 0.559. The number of carbonyl (C=O) groups is 1. The van der Waals surface area contributed by atoms with Crippen LogP contribution < -0.4 is 5.32 Å². The summed E-state index contributed by atoms with van der Waals surface area (Å²) in [6.45, 7) is 2.14. The van der Waals surface area contributed by atoms with Crippen LogP contribution in [-0.4, -0.2) is 16.6 Å². The second-order valence-corrected chi connectivity index (χ2v) is 2.84. The molecule has 0 aliphatic rings. The van der Waals surface area contributed by atoms with Crippen LogP contribution in [0.5, 0.6) is 0 Å². The standard InChI is InChI=1S/C5H9NOS2/c1-4(7)2-3-6-5(8)9/h2-3H2,1H3,(H2,6,8,9). The Labute approximate surface area is 65.4 Å². The van der Waals surface area contributed by atoms with Gasteiger partial charge in [-0.25, -0.2) is 0 Å². The summed E-state index contributed by atoms with van der Waals surface area (Å²) < 4.78 is 0.441. The maximum atomic E-state index is 10.3. The number of ketones is 1. The van der Waals surface area contributed by atoms with Gasteiger partial charge in [-0.1, -0.05) is 12.2 Å². The van der Waals surface area contributed by atoms with Gasteiger partial charge in [-0.2, -0.15) is 0 Å². The van der Waals surface area contributed by atoms with Gasteiger partial charge >= 0.3 is 0 Å². The normalized spacial score (nSPS) is 8.67. The fourth-order valence-electron chi connectivity index (χ4n) is 0.345. The molecule has 0 spiro atoms. The first kappa shape index (κ1) is 8.91. The van der Waals surface area contributed by atoms with Gasteiger partial charge in [0.25, 0.3) is 0 Å². The molecule has 9 heavy (non-hydrogen) atoms. The largest absolute Gasteiger partial charge is 0.371 e. The van der Waals surface area contributed by atoms with Crippen LogP contribution in [0.4, 0.5) is 0 Å². The summed E-state index contributed by atoms with van der Waals surface area (Å²) in [5.41, 5.74) is 0. The highest BCUT2D eigenvalue weighted by atomic mass is 32.1. The van der Waals surface area contributed by atoms with Crippen LogP contribution in [0.15, 0.2) is 0 Å². The number of thiol groups is 1. The summed E-state index contributed by atoms with van der Waals surface area (Å²) in [5.74, 6) is 0.159. The number of rotatable bonds is 3. The van der Waals surface area contributed by atoms with Crippen molar-refractivity contribution in [1.29, 1.82) is 0 Å². The highest BCUT2D eigenvalue weighted by Crippen LogP contribution is 1.81. The number of carbonyl (C=O) groups excluding carboxylic acids is 1. The summed E-state index contributed by atoms with van der Waals surface area (Å²) >= 11 is 8.40. The molecule has 0 saturated carbocycles. The van der Waals surface area contributed by atoms with Crippen molar-refractivity contribution in [3.05, 3.63) is 0 Å².